The standard InChI is InChI=1S/C26H21N3O5S/c1-29(2)18-7-3-15(4-8-18)11-19(25(30)17-6-10-22-23(13-17)34-14-33-22)24(26(31)32)16-5-9-20-21(12-16)28-35-27-20/h3-10,12-13H,11,14H2,1-2H3,(H,31,32). The number of nitrogens with zero attached hydrogens (tertiary/aromatic N) is 3. The van der Waals surface area contributed by atoms with Crippen LogP contribution >= 0.6 is 11.7 Å². The number of ether oxygens (including phenoxy) is 2. The highest BCUT2D eigenvalue weighted by molar-refractivity contribution is 7.00. The van der Waals surface area contributed by atoms with Crippen molar-refractivity contribution in [3.63, 3.8) is 0 Å². The Morgan fingerprint density at radius 2 is 1.63 bits per heavy atom. The largest absolute Gasteiger partial charge is 0.478 e. The smallest absolute Gasteiger partial charge is 0.336 e. The van der Waals surface area contributed by atoms with E-state index in [1.807, 2.05) is 43.3 Å². The summed E-state index contributed by atoms with van der Waals surface area (Å²) in [6.45, 7) is 0.0793. The molecule has 0 spiro atoms. The molecule has 1 aliphatic rings. The fraction of sp³-hybridized carbons (Fsp3) is 0.154. The first kappa shape index (κ1) is 22.5. The van der Waals surface area contributed by atoms with Crippen LogP contribution in [0, 0.1) is 0 Å². The number of aromatic nitrogens is 2. The summed E-state index contributed by atoms with van der Waals surface area (Å²) in [7, 11) is 3.88. The number of carbonyl (C=O) groups is 2. The summed E-state index contributed by atoms with van der Waals surface area (Å²) in [6.07, 6.45) is 0.135. The molecule has 0 amide bonds. The van der Waals surface area contributed by atoms with Gasteiger partial charge < -0.3 is 19.5 Å². The Morgan fingerprint density at radius 3 is 2.37 bits per heavy atom. The van der Waals surface area contributed by atoms with Gasteiger partial charge in [-0.25, -0.2) is 4.79 Å². The van der Waals surface area contributed by atoms with Gasteiger partial charge in [-0.1, -0.05) is 18.2 Å². The highest BCUT2D eigenvalue weighted by Crippen LogP contribution is 2.35. The third kappa shape index (κ3) is 4.45. The first-order valence-electron chi connectivity index (χ1n) is 10.8. The number of carbonyl (C=O) groups excluding carboxylic acids is 1. The topological polar surface area (TPSA) is 102 Å². The van der Waals surface area contributed by atoms with Crippen molar-refractivity contribution < 1.29 is 24.2 Å². The van der Waals surface area contributed by atoms with Crippen LogP contribution in [0.25, 0.3) is 16.6 Å². The van der Waals surface area contributed by atoms with Crippen LogP contribution in [0.3, 0.4) is 0 Å². The molecule has 1 N–H and O–H groups in total. The molecule has 1 aliphatic heterocycles. The van der Waals surface area contributed by atoms with Gasteiger partial charge in [-0.3, -0.25) is 4.79 Å². The van der Waals surface area contributed by atoms with Crippen molar-refractivity contribution in [2.45, 2.75) is 6.42 Å². The number of aliphatic carboxylic acids is 1. The first-order valence-corrected chi connectivity index (χ1v) is 11.5. The van der Waals surface area contributed by atoms with Gasteiger partial charge in [0.25, 0.3) is 0 Å². The lowest BCUT2D eigenvalue weighted by molar-refractivity contribution is -0.130. The number of ketones is 1. The Hall–Kier alpha value is -4.24. The molecule has 0 saturated carbocycles. The second-order valence-electron chi connectivity index (χ2n) is 8.26. The van der Waals surface area contributed by atoms with Crippen molar-refractivity contribution in [3.05, 3.63) is 82.9 Å². The summed E-state index contributed by atoms with van der Waals surface area (Å²) in [5.74, 6) is -0.584. The molecule has 176 valence electrons. The summed E-state index contributed by atoms with van der Waals surface area (Å²) < 4.78 is 19.2. The average molecular weight is 488 g/mol. The summed E-state index contributed by atoms with van der Waals surface area (Å²) in [5.41, 5.74) is 3.88. The van der Waals surface area contributed by atoms with Crippen LogP contribution in [-0.2, 0) is 11.2 Å². The predicted octanol–water partition coefficient (Wildman–Crippen LogP) is 4.45. The number of Topliss-reactive ketones (excluding diaryl/α,β-unsaturated/α-hetero) is 1. The number of carboxylic acid groups (broad SMARTS) is 1. The van der Waals surface area contributed by atoms with Crippen molar-refractivity contribution in [2.24, 2.45) is 0 Å². The van der Waals surface area contributed by atoms with E-state index < -0.39 is 11.8 Å². The first-order chi connectivity index (χ1) is 16.9. The third-order valence-corrected chi connectivity index (χ3v) is 6.36. The van der Waals surface area contributed by atoms with Gasteiger partial charge in [-0.2, -0.15) is 8.75 Å². The average Bonchev–Trinajstić information content (AvgIpc) is 3.51. The number of anilines is 1. The second kappa shape index (κ2) is 9.19. The number of carboxylic acids is 1. The molecule has 0 aliphatic carbocycles. The molecule has 1 aromatic heterocycles. The summed E-state index contributed by atoms with van der Waals surface area (Å²) in [5, 5.41) is 10.3. The van der Waals surface area contributed by atoms with E-state index in [1.54, 1.807) is 36.4 Å². The highest BCUT2D eigenvalue weighted by Gasteiger charge is 2.26. The lowest BCUT2D eigenvalue weighted by Crippen LogP contribution is -2.14. The van der Waals surface area contributed by atoms with Crippen molar-refractivity contribution in [2.75, 3.05) is 25.8 Å². The molecule has 8 nitrogen and oxygen atoms in total. The predicted molar refractivity (Wildman–Crippen MR) is 133 cm³/mol. The van der Waals surface area contributed by atoms with E-state index in [9.17, 15) is 14.7 Å². The normalized spacial score (nSPS) is 13.0. The van der Waals surface area contributed by atoms with E-state index in [2.05, 4.69) is 8.75 Å². The number of hydrogen-bond acceptors (Lipinski definition) is 8. The lowest BCUT2D eigenvalue weighted by atomic mass is 9.89. The molecule has 0 atom stereocenters. The van der Waals surface area contributed by atoms with Crippen molar-refractivity contribution >= 4 is 45.8 Å². The molecule has 2 heterocycles. The molecule has 0 bridgehead atoms. The Balaban J connectivity index is 1.65. The van der Waals surface area contributed by atoms with Gasteiger partial charge in [0.2, 0.25) is 6.79 Å². The van der Waals surface area contributed by atoms with E-state index >= 15 is 0 Å². The fourth-order valence-corrected chi connectivity index (χ4v) is 4.49. The van der Waals surface area contributed by atoms with E-state index in [0.29, 0.717) is 33.7 Å². The van der Waals surface area contributed by atoms with Gasteiger partial charge in [-0.15, -0.1) is 0 Å². The molecule has 9 heteroatoms. The number of hydrogen-bond donors (Lipinski definition) is 1. The van der Waals surface area contributed by atoms with Gasteiger partial charge >= 0.3 is 5.97 Å². The lowest BCUT2D eigenvalue weighted by Gasteiger charge is -2.15. The van der Waals surface area contributed by atoms with Gasteiger partial charge in [0.1, 0.15) is 11.0 Å². The molecule has 0 fully saturated rings. The third-order valence-electron chi connectivity index (χ3n) is 5.80. The quantitative estimate of drug-likeness (QED) is 0.301. The number of allylic oxidation sites excluding steroid dienone is 1. The summed E-state index contributed by atoms with van der Waals surface area (Å²) in [6, 6.07) is 17.6. The number of benzene rings is 3. The maximum absolute atomic E-state index is 13.8. The molecular formula is C26H21N3O5S. The van der Waals surface area contributed by atoms with Gasteiger partial charge in [0, 0.05) is 37.3 Å². The minimum Gasteiger partial charge on any atom is -0.478 e. The van der Waals surface area contributed by atoms with Crippen LogP contribution in [0.15, 0.2) is 66.2 Å². The molecule has 0 saturated heterocycles. The number of fused-ring (bicyclic) bond motifs is 2. The van der Waals surface area contributed by atoms with Gasteiger partial charge in [-0.05, 0) is 53.6 Å². The Labute approximate surface area is 205 Å². The molecule has 0 radical (unpaired) electrons. The SMILES string of the molecule is CN(C)c1ccc(CC(C(=O)c2ccc3c(c2)OCO3)=C(C(=O)O)c2ccc3nsnc3c2)cc1. The van der Waals surface area contributed by atoms with Crippen LogP contribution < -0.4 is 14.4 Å². The summed E-state index contributed by atoms with van der Waals surface area (Å²) in [4.78, 5) is 28.4. The minimum atomic E-state index is -1.19. The maximum Gasteiger partial charge on any atom is 0.336 e. The van der Waals surface area contributed by atoms with Crippen molar-refractivity contribution in [1.29, 1.82) is 0 Å². The second-order valence-corrected chi connectivity index (χ2v) is 8.79. The monoisotopic (exact) mass is 487 g/mol. The molecule has 0 unspecified atom stereocenters. The van der Waals surface area contributed by atoms with E-state index in [0.717, 1.165) is 23.0 Å². The zero-order valence-electron chi connectivity index (χ0n) is 19.0. The Morgan fingerprint density at radius 1 is 0.914 bits per heavy atom. The fourth-order valence-electron chi connectivity index (χ4n) is 3.97. The van der Waals surface area contributed by atoms with Crippen molar-refractivity contribution in [3.8, 4) is 11.5 Å². The van der Waals surface area contributed by atoms with E-state index in [-0.39, 0.29) is 24.4 Å². The van der Waals surface area contributed by atoms with Crippen molar-refractivity contribution in [1.82, 2.24) is 8.75 Å². The zero-order chi connectivity index (χ0) is 24.5. The van der Waals surface area contributed by atoms with Gasteiger partial charge in [0.05, 0.1) is 17.3 Å². The Kier molecular flexibility index (Phi) is 5.92. The van der Waals surface area contributed by atoms with Crippen LogP contribution in [0.2, 0.25) is 0 Å². The summed E-state index contributed by atoms with van der Waals surface area (Å²) >= 11 is 1.05. The molecule has 4 aromatic rings. The molecule has 3 aromatic carbocycles. The molecule has 35 heavy (non-hydrogen) atoms. The van der Waals surface area contributed by atoms with Crippen LogP contribution in [0.1, 0.15) is 21.5 Å². The number of rotatable bonds is 7. The van der Waals surface area contributed by atoms with E-state index in [4.69, 9.17) is 9.47 Å². The maximum atomic E-state index is 13.8. The minimum absolute atomic E-state index is 0.0701. The van der Waals surface area contributed by atoms with Crippen LogP contribution in [0.4, 0.5) is 5.69 Å². The van der Waals surface area contributed by atoms with Gasteiger partial charge in [0.15, 0.2) is 17.3 Å². The van der Waals surface area contributed by atoms with Crippen LogP contribution in [-0.4, -0.2) is 46.5 Å². The highest BCUT2D eigenvalue weighted by atomic mass is 32.1. The molecule has 5 rings (SSSR count). The van der Waals surface area contributed by atoms with Crippen LogP contribution in [0.5, 0.6) is 11.5 Å². The van der Waals surface area contributed by atoms with E-state index in [1.165, 1.54) is 0 Å². The Bertz CT molecular complexity index is 1470. The zero-order valence-corrected chi connectivity index (χ0v) is 19.8. The molecular weight excluding hydrogens is 466 g/mol.